The van der Waals surface area contributed by atoms with Crippen molar-refractivity contribution in [3.05, 3.63) is 76.5 Å². The van der Waals surface area contributed by atoms with Gasteiger partial charge in [-0.2, -0.15) is 0 Å². The van der Waals surface area contributed by atoms with E-state index in [4.69, 9.17) is 21.4 Å². The lowest BCUT2D eigenvalue weighted by atomic mass is 10.0. The molecule has 2 aromatic heterocycles. The van der Waals surface area contributed by atoms with E-state index in [0.29, 0.717) is 21.9 Å². The van der Waals surface area contributed by atoms with Crippen LogP contribution in [0.4, 0.5) is 4.39 Å². The second-order valence-corrected chi connectivity index (χ2v) is 8.98. The Kier molecular flexibility index (Phi) is 5.77. The van der Waals surface area contributed by atoms with Gasteiger partial charge in [0.2, 0.25) is 0 Å². The quantitative estimate of drug-likeness (QED) is 0.472. The van der Waals surface area contributed by atoms with Gasteiger partial charge in [0.05, 0.1) is 17.8 Å². The molecule has 0 bridgehead atoms. The summed E-state index contributed by atoms with van der Waals surface area (Å²) in [7, 11) is 0. The summed E-state index contributed by atoms with van der Waals surface area (Å²) in [6.07, 6.45) is 4.01. The second-order valence-electron chi connectivity index (χ2n) is 7.74. The fraction of sp³-hybridized carbons (Fsp3) is 0.304. The van der Waals surface area contributed by atoms with Gasteiger partial charge in [-0.1, -0.05) is 6.07 Å². The van der Waals surface area contributed by atoms with Crippen LogP contribution in [0.3, 0.4) is 0 Å². The van der Waals surface area contributed by atoms with E-state index >= 15 is 0 Å². The molecule has 2 saturated heterocycles. The highest BCUT2D eigenvalue weighted by atomic mass is 79.9. The number of hydrogen-bond donors (Lipinski definition) is 1. The molecule has 31 heavy (non-hydrogen) atoms. The second kappa shape index (κ2) is 8.68. The highest BCUT2D eigenvalue weighted by Crippen LogP contribution is 2.41. The van der Waals surface area contributed by atoms with Gasteiger partial charge in [0.25, 0.3) is 0 Å². The van der Waals surface area contributed by atoms with E-state index in [1.54, 1.807) is 12.3 Å². The molecule has 3 aromatic rings. The zero-order chi connectivity index (χ0) is 21.4. The molecule has 0 aliphatic carbocycles. The minimum atomic E-state index is -0.300. The van der Waals surface area contributed by atoms with Crippen molar-refractivity contribution in [3.63, 3.8) is 0 Å². The van der Waals surface area contributed by atoms with E-state index in [0.717, 1.165) is 36.5 Å². The molecule has 4 heterocycles. The van der Waals surface area contributed by atoms with Crippen LogP contribution >= 0.6 is 28.1 Å². The number of rotatable bonds is 5. The van der Waals surface area contributed by atoms with Crippen molar-refractivity contribution in [1.29, 1.82) is 0 Å². The Morgan fingerprint density at radius 2 is 2.13 bits per heavy atom. The van der Waals surface area contributed by atoms with Crippen LogP contribution in [0.2, 0.25) is 0 Å². The number of ether oxygens (including phenoxy) is 1. The van der Waals surface area contributed by atoms with Gasteiger partial charge in [-0.3, -0.25) is 4.98 Å². The standard InChI is InChI=1S/C23H21BrFN3O2S/c24-17-12-14(25)6-7-16(17)19-8-9-20(30-19)22-21(18-5-1-2-10-26-18)27-23(31)28(22)13-15-4-3-11-29-15/h1-2,5-10,12,15,21-22H,3-4,11,13H2,(H,27,31)/t15-,21+,22-/m1/s1. The summed E-state index contributed by atoms with van der Waals surface area (Å²) in [4.78, 5) is 6.70. The third-order valence-corrected chi connectivity index (χ3v) is 6.75. The Hall–Kier alpha value is -2.29. The number of halogens is 2. The maximum absolute atomic E-state index is 13.5. The summed E-state index contributed by atoms with van der Waals surface area (Å²) in [6, 6.07) is 14.0. The van der Waals surface area contributed by atoms with Crippen LogP contribution in [0.1, 0.15) is 36.4 Å². The van der Waals surface area contributed by atoms with Gasteiger partial charge in [-0.05, 0) is 83.5 Å². The molecule has 3 atom stereocenters. The van der Waals surface area contributed by atoms with E-state index < -0.39 is 0 Å². The molecule has 5 rings (SSSR count). The van der Waals surface area contributed by atoms with Crippen molar-refractivity contribution >= 4 is 33.3 Å². The Balaban J connectivity index is 1.51. The molecular formula is C23H21BrFN3O2S. The Bertz CT molecular complexity index is 1090. The Morgan fingerprint density at radius 3 is 2.87 bits per heavy atom. The molecule has 1 aromatic carbocycles. The van der Waals surface area contributed by atoms with E-state index in [1.807, 2.05) is 30.3 Å². The zero-order valence-corrected chi connectivity index (χ0v) is 19.0. The maximum atomic E-state index is 13.5. The SMILES string of the molecule is Fc1ccc(-c2ccc([C@@H]3[C@H](c4ccccn4)NC(=S)N3C[C@H]3CCCO3)o2)c(Br)c1. The fourth-order valence-corrected chi connectivity index (χ4v) is 5.13. The van der Waals surface area contributed by atoms with Crippen molar-refractivity contribution < 1.29 is 13.5 Å². The largest absolute Gasteiger partial charge is 0.459 e. The number of pyridine rings is 1. The van der Waals surface area contributed by atoms with E-state index in [1.165, 1.54) is 12.1 Å². The van der Waals surface area contributed by atoms with Gasteiger partial charge < -0.3 is 19.4 Å². The zero-order valence-electron chi connectivity index (χ0n) is 16.6. The first-order chi connectivity index (χ1) is 15.1. The summed E-state index contributed by atoms with van der Waals surface area (Å²) in [5.74, 6) is 1.13. The molecule has 1 N–H and O–H groups in total. The predicted molar refractivity (Wildman–Crippen MR) is 123 cm³/mol. The van der Waals surface area contributed by atoms with Crippen molar-refractivity contribution in [2.45, 2.75) is 31.0 Å². The molecule has 0 radical (unpaired) electrons. The molecule has 2 aliphatic rings. The molecule has 0 saturated carbocycles. The molecule has 2 fully saturated rings. The Morgan fingerprint density at radius 1 is 1.23 bits per heavy atom. The van der Waals surface area contributed by atoms with Crippen LogP contribution < -0.4 is 5.32 Å². The lowest BCUT2D eigenvalue weighted by Crippen LogP contribution is -2.36. The number of nitrogens with one attached hydrogen (secondary N) is 1. The molecule has 0 unspecified atom stereocenters. The molecule has 2 aliphatic heterocycles. The van der Waals surface area contributed by atoms with Crippen molar-refractivity contribution in [2.75, 3.05) is 13.2 Å². The van der Waals surface area contributed by atoms with Gasteiger partial charge in [0.15, 0.2) is 5.11 Å². The molecule has 8 heteroatoms. The number of benzene rings is 1. The summed E-state index contributed by atoms with van der Waals surface area (Å²) < 4.78 is 26.4. The van der Waals surface area contributed by atoms with Crippen LogP contribution in [-0.4, -0.2) is 34.3 Å². The van der Waals surface area contributed by atoms with Crippen LogP contribution in [0, 0.1) is 5.82 Å². The summed E-state index contributed by atoms with van der Waals surface area (Å²) in [5, 5.41) is 4.10. The van der Waals surface area contributed by atoms with Gasteiger partial charge >= 0.3 is 0 Å². The minimum absolute atomic E-state index is 0.144. The smallest absolute Gasteiger partial charge is 0.170 e. The number of hydrogen-bond acceptors (Lipinski definition) is 4. The first-order valence-electron chi connectivity index (χ1n) is 10.2. The molecular weight excluding hydrogens is 481 g/mol. The van der Waals surface area contributed by atoms with Crippen LogP contribution in [0.5, 0.6) is 0 Å². The predicted octanol–water partition coefficient (Wildman–Crippen LogP) is 5.39. The van der Waals surface area contributed by atoms with E-state index in [9.17, 15) is 4.39 Å². The van der Waals surface area contributed by atoms with Gasteiger partial charge in [0, 0.05) is 29.4 Å². The van der Waals surface area contributed by atoms with Crippen molar-refractivity contribution in [3.8, 4) is 11.3 Å². The molecule has 0 spiro atoms. The number of thiocarbonyl (C=S) groups is 1. The summed E-state index contributed by atoms with van der Waals surface area (Å²) >= 11 is 9.14. The lowest BCUT2D eigenvalue weighted by Gasteiger charge is -2.28. The summed E-state index contributed by atoms with van der Waals surface area (Å²) in [6.45, 7) is 1.48. The maximum Gasteiger partial charge on any atom is 0.170 e. The van der Waals surface area contributed by atoms with Gasteiger partial charge in [-0.15, -0.1) is 0 Å². The molecule has 0 amide bonds. The third-order valence-electron chi connectivity index (χ3n) is 5.74. The minimum Gasteiger partial charge on any atom is -0.459 e. The van der Waals surface area contributed by atoms with Crippen molar-refractivity contribution in [1.82, 2.24) is 15.2 Å². The van der Waals surface area contributed by atoms with Gasteiger partial charge in [-0.25, -0.2) is 4.39 Å². The molecule has 160 valence electrons. The van der Waals surface area contributed by atoms with E-state index in [2.05, 4.69) is 31.1 Å². The fourth-order valence-electron chi connectivity index (χ4n) is 4.26. The van der Waals surface area contributed by atoms with Crippen LogP contribution in [0.25, 0.3) is 11.3 Å². The normalized spacial score (nSPS) is 23.4. The van der Waals surface area contributed by atoms with E-state index in [-0.39, 0.29) is 24.0 Å². The summed E-state index contributed by atoms with van der Waals surface area (Å²) in [5.41, 5.74) is 1.69. The number of aromatic nitrogens is 1. The average molecular weight is 502 g/mol. The van der Waals surface area contributed by atoms with Crippen molar-refractivity contribution in [2.24, 2.45) is 0 Å². The van der Waals surface area contributed by atoms with Gasteiger partial charge in [0.1, 0.15) is 23.4 Å². The monoisotopic (exact) mass is 501 g/mol. The highest BCUT2D eigenvalue weighted by Gasteiger charge is 2.42. The Labute approximate surface area is 193 Å². The first kappa shape index (κ1) is 20.6. The number of furan rings is 1. The lowest BCUT2D eigenvalue weighted by molar-refractivity contribution is 0.0818. The molecule has 5 nitrogen and oxygen atoms in total. The average Bonchev–Trinajstić information content (AvgIpc) is 3.51. The first-order valence-corrected chi connectivity index (χ1v) is 11.4. The highest BCUT2D eigenvalue weighted by molar-refractivity contribution is 9.10. The van der Waals surface area contributed by atoms with Crippen LogP contribution in [-0.2, 0) is 4.74 Å². The number of nitrogens with zero attached hydrogens (tertiary/aromatic N) is 2. The topological polar surface area (TPSA) is 50.5 Å². The third kappa shape index (κ3) is 4.12. The van der Waals surface area contributed by atoms with Crippen LogP contribution in [0.15, 0.2) is 63.6 Å².